The number of carbonyl (C=O) groups is 1. The van der Waals surface area contributed by atoms with Crippen LogP contribution in [-0.4, -0.2) is 18.5 Å². The number of aliphatic imine (C=N–C) groups is 1. The van der Waals surface area contributed by atoms with E-state index in [0.717, 1.165) is 11.3 Å². The molecule has 0 saturated heterocycles. The molecule has 1 aliphatic rings. The summed E-state index contributed by atoms with van der Waals surface area (Å²) < 4.78 is 10.6. The number of halogens is 1. The molecule has 0 radical (unpaired) electrons. The molecule has 0 bridgehead atoms. The molecule has 116 valence electrons. The molecule has 0 aromatic heterocycles. The van der Waals surface area contributed by atoms with Gasteiger partial charge in [-0.05, 0) is 48.9 Å². The van der Waals surface area contributed by atoms with Crippen molar-refractivity contribution in [3.63, 3.8) is 0 Å². The van der Waals surface area contributed by atoms with Gasteiger partial charge in [0.05, 0.1) is 6.61 Å². The molecule has 0 spiro atoms. The van der Waals surface area contributed by atoms with Gasteiger partial charge in [-0.1, -0.05) is 29.8 Å². The number of nitrogens with zero attached hydrogens (tertiary/aromatic N) is 1. The second-order valence-electron chi connectivity index (χ2n) is 4.85. The molecular formula is C18H14ClNO3. The maximum atomic E-state index is 12.0. The Morgan fingerprint density at radius 1 is 1.22 bits per heavy atom. The van der Waals surface area contributed by atoms with Gasteiger partial charge in [0.25, 0.3) is 0 Å². The van der Waals surface area contributed by atoms with Crippen LogP contribution in [0.2, 0.25) is 5.02 Å². The van der Waals surface area contributed by atoms with Crippen molar-refractivity contribution in [3.8, 4) is 5.75 Å². The number of rotatable bonds is 4. The second kappa shape index (κ2) is 6.67. The number of hydrogen-bond donors (Lipinski definition) is 0. The molecule has 2 aromatic rings. The highest BCUT2D eigenvalue weighted by molar-refractivity contribution is 6.31. The molecule has 0 atom stereocenters. The topological polar surface area (TPSA) is 47.9 Å². The monoisotopic (exact) mass is 327 g/mol. The summed E-state index contributed by atoms with van der Waals surface area (Å²) in [6.45, 7) is 2.54. The largest absolute Gasteiger partial charge is 0.494 e. The highest BCUT2D eigenvalue weighted by atomic mass is 35.5. The molecule has 23 heavy (non-hydrogen) atoms. The minimum atomic E-state index is -0.478. The third-order valence-corrected chi connectivity index (χ3v) is 3.42. The van der Waals surface area contributed by atoms with E-state index in [9.17, 15) is 4.79 Å². The van der Waals surface area contributed by atoms with Gasteiger partial charge in [-0.3, -0.25) is 0 Å². The Morgan fingerprint density at radius 2 is 2.00 bits per heavy atom. The Labute approximate surface area is 139 Å². The lowest BCUT2D eigenvalue weighted by atomic mass is 10.2. The molecule has 0 N–H and O–H groups in total. The van der Waals surface area contributed by atoms with Crippen LogP contribution < -0.4 is 4.74 Å². The second-order valence-corrected chi connectivity index (χ2v) is 5.28. The minimum absolute atomic E-state index is 0.254. The van der Waals surface area contributed by atoms with Crippen molar-refractivity contribution in [1.82, 2.24) is 0 Å². The summed E-state index contributed by atoms with van der Waals surface area (Å²) in [5, 5.41) is 0.560. The first-order valence-electron chi connectivity index (χ1n) is 7.17. The Bertz CT molecular complexity index is 794. The fourth-order valence-corrected chi connectivity index (χ4v) is 2.33. The maximum absolute atomic E-state index is 12.0. The lowest BCUT2D eigenvalue weighted by molar-refractivity contribution is -0.129. The van der Waals surface area contributed by atoms with Gasteiger partial charge in [0.1, 0.15) is 5.75 Å². The van der Waals surface area contributed by atoms with Crippen molar-refractivity contribution in [1.29, 1.82) is 0 Å². The van der Waals surface area contributed by atoms with Crippen LogP contribution in [0, 0.1) is 0 Å². The van der Waals surface area contributed by atoms with Gasteiger partial charge in [-0.2, -0.15) is 0 Å². The van der Waals surface area contributed by atoms with Gasteiger partial charge in [-0.15, -0.1) is 0 Å². The summed E-state index contributed by atoms with van der Waals surface area (Å²) in [6.07, 6.45) is 1.68. The summed E-state index contributed by atoms with van der Waals surface area (Å²) >= 11 is 5.94. The predicted molar refractivity (Wildman–Crippen MR) is 89.7 cm³/mol. The van der Waals surface area contributed by atoms with Gasteiger partial charge in [-0.25, -0.2) is 9.79 Å². The molecule has 0 fully saturated rings. The van der Waals surface area contributed by atoms with Crippen molar-refractivity contribution in [3.05, 3.63) is 70.4 Å². The molecule has 0 saturated carbocycles. The standard InChI is InChI=1S/C18H14ClNO3/c1-2-22-15-8-6-12(7-9-15)10-16-18(21)23-17(20-16)13-4-3-5-14(19)11-13/h3-11H,2H2,1H3/b16-10-. The first kappa shape index (κ1) is 15.3. The number of esters is 1. The molecule has 0 aliphatic carbocycles. The van der Waals surface area contributed by atoms with Crippen LogP contribution >= 0.6 is 11.6 Å². The summed E-state index contributed by atoms with van der Waals surface area (Å²) in [5.41, 5.74) is 1.77. The van der Waals surface area contributed by atoms with Crippen molar-refractivity contribution < 1.29 is 14.3 Å². The van der Waals surface area contributed by atoms with Gasteiger partial charge >= 0.3 is 5.97 Å². The van der Waals surface area contributed by atoms with Crippen molar-refractivity contribution in [2.45, 2.75) is 6.92 Å². The highest BCUT2D eigenvalue weighted by Crippen LogP contribution is 2.21. The molecule has 1 heterocycles. The van der Waals surface area contributed by atoms with Gasteiger partial charge in [0, 0.05) is 10.6 Å². The lowest BCUT2D eigenvalue weighted by Gasteiger charge is -2.02. The van der Waals surface area contributed by atoms with Crippen LogP contribution in [0.15, 0.2) is 59.2 Å². The van der Waals surface area contributed by atoms with E-state index < -0.39 is 5.97 Å². The van der Waals surface area contributed by atoms with Gasteiger partial charge in [0.15, 0.2) is 5.70 Å². The zero-order chi connectivity index (χ0) is 16.2. The number of ether oxygens (including phenoxy) is 2. The molecule has 2 aromatic carbocycles. The normalized spacial score (nSPS) is 15.5. The maximum Gasteiger partial charge on any atom is 0.363 e. The Balaban J connectivity index is 1.85. The molecule has 5 heteroatoms. The van der Waals surface area contributed by atoms with Gasteiger partial charge in [0.2, 0.25) is 5.90 Å². The van der Waals surface area contributed by atoms with E-state index in [4.69, 9.17) is 21.1 Å². The fraction of sp³-hybridized carbons (Fsp3) is 0.111. The first-order chi connectivity index (χ1) is 11.2. The van der Waals surface area contributed by atoms with Crippen molar-refractivity contribution in [2.24, 2.45) is 4.99 Å². The Hall–Kier alpha value is -2.59. The SMILES string of the molecule is CCOc1ccc(/C=C2\N=C(c3cccc(Cl)c3)OC2=O)cc1. The molecule has 3 rings (SSSR count). The van der Waals surface area contributed by atoms with E-state index in [-0.39, 0.29) is 11.6 Å². The smallest absolute Gasteiger partial charge is 0.363 e. The predicted octanol–water partition coefficient (Wildman–Crippen LogP) is 4.08. The first-order valence-corrected chi connectivity index (χ1v) is 7.55. The zero-order valence-electron chi connectivity index (χ0n) is 12.5. The summed E-state index contributed by atoms with van der Waals surface area (Å²) in [6, 6.07) is 14.4. The van der Waals surface area contributed by atoms with E-state index in [1.165, 1.54) is 0 Å². The van der Waals surface area contributed by atoms with E-state index in [1.807, 2.05) is 31.2 Å². The van der Waals surface area contributed by atoms with E-state index in [0.29, 0.717) is 17.2 Å². The van der Waals surface area contributed by atoms with Crippen LogP contribution in [0.4, 0.5) is 0 Å². The van der Waals surface area contributed by atoms with E-state index >= 15 is 0 Å². The molecule has 0 unspecified atom stereocenters. The van der Waals surface area contributed by atoms with Gasteiger partial charge < -0.3 is 9.47 Å². The Morgan fingerprint density at radius 3 is 2.70 bits per heavy atom. The third kappa shape index (κ3) is 3.60. The average molecular weight is 328 g/mol. The number of carbonyl (C=O) groups excluding carboxylic acids is 1. The quantitative estimate of drug-likeness (QED) is 0.628. The van der Waals surface area contributed by atoms with Crippen molar-refractivity contribution in [2.75, 3.05) is 6.61 Å². The number of cyclic esters (lactones) is 1. The van der Waals surface area contributed by atoms with Crippen LogP contribution in [0.5, 0.6) is 5.75 Å². The Kier molecular flexibility index (Phi) is 4.44. The number of hydrogen-bond acceptors (Lipinski definition) is 4. The number of benzene rings is 2. The summed E-state index contributed by atoms with van der Waals surface area (Å²) in [7, 11) is 0. The molecular weight excluding hydrogens is 314 g/mol. The third-order valence-electron chi connectivity index (χ3n) is 3.19. The fourth-order valence-electron chi connectivity index (χ4n) is 2.14. The molecule has 1 aliphatic heterocycles. The van der Waals surface area contributed by atoms with Crippen LogP contribution in [0.25, 0.3) is 6.08 Å². The molecule has 4 nitrogen and oxygen atoms in total. The van der Waals surface area contributed by atoms with Crippen LogP contribution in [0.1, 0.15) is 18.1 Å². The zero-order valence-corrected chi connectivity index (χ0v) is 13.2. The van der Waals surface area contributed by atoms with Crippen LogP contribution in [0.3, 0.4) is 0 Å². The average Bonchev–Trinajstić information content (AvgIpc) is 2.91. The molecule has 0 amide bonds. The summed E-state index contributed by atoms with van der Waals surface area (Å²) in [4.78, 5) is 16.2. The van der Waals surface area contributed by atoms with E-state index in [1.54, 1.807) is 30.3 Å². The van der Waals surface area contributed by atoms with Crippen molar-refractivity contribution >= 4 is 29.5 Å². The minimum Gasteiger partial charge on any atom is -0.494 e. The van der Waals surface area contributed by atoms with Crippen LogP contribution in [-0.2, 0) is 9.53 Å². The summed E-state index contributed by atoms with van der Waals surface area (Å²) in [5.74, 6) is 0.565. The van der Waals surface area contributed by atoms with E-state index in [2.05, 4.69) is 4.99 Å². The lowest BCUT2D eigenvalue weighted by Crippen LogP contribution is -2.05. The highest BCUT2D eigenvalue weighted by Gasteiger charge is 2.24.